The Bertz CT molecular complexity index is 601. The molecule has 2 aromatic rings. The molecule has 4 rings (SSSR count). The van der Waals surface area contributed by atoms with Crippen molar-refractivity contribution in [2.75, 3.05) is 0 Å². The normalized spacial score (nSPS) is 21.8. The molecule has 0 radical (unpaired) electrons. The van der Waals surface area contributed by atoms with E-state index in [2.05, 4.69) is 60.7 Å². The Hall–Kier alpha value is -0.521. The molecule has 0 aromatic heterocycles. The molecule has 2 heteroatoms. The van der Waals surface area contributed by atoms with Crippen LogP contribution in [-0.4, -0.2) is 29.9 Å². The number of hydrogen-bond donors (Lipinski definition) is 0. The van der Waals surface area contributed by atoms with E-state index in [0.717, 1.165) is 0 Å². The monoisotopic (exact) mass is 450 g/mol. The third-order valence-corrected chi connectivity index (χ3v) is 13.9. The topological polar surface area (TPSA) is 0 Å². The minimum absolute atomic E-state index is 0.604. The van der Waals surface area contributed by atoms with Gasteiger partial charge in [0, 0.05) is 0 Å². The Kier molecular flexibility index (Phi) is 5.21. The van der Waals surface area contributed by atoms with Crippen LogP contribution in [0.4, 0.5) is 0 Å². The van der Waals surface area contributed by atoms with Gasteiger partial charge in [-0.25, -0.2) is 0 Å². The number of benzene rings is 2. The van der Waals surface area contributed by atoms with Gasteiger partial charge in [-0.3, -0.25) is 0 Å². The van der Waals surface area contributed by atoms with Gasteiger partial charge in [0.15, 0.2) is 0 Å². The average Bonchev–Trinajstić information content (AvgIpc) is 2.90. The molecule has 0 unspecified atom stereocenters. The fourth-order valence-corrected chi connectivity index (χ4v) is 12.9. The van der Waals surface area contributed by atoms with Crippen LogP contribution in [0.15, 0.2) is 60.7 Å². The molecule has 0 bridgehead atoms. The van der Waals surface area contributed by atoms with Gasteiger partial charge in [0.2, 0.25) is 0 Å². The first-order chi connectivity index (χ1) is 11.8. The van der Waals surface area contributed by atoms with Crippen LogP contribution in [0.1, 0.15) is 51.4 Å². The van der Waals surface area contributed by atoms with E-state index in [1.54, 1.807) is 8.92 Å². The molecular weight excluding hydrogens is 422 g/mol. The molecule has 126 valence electrons. The van der Waals surface area contributed by atoms with E-state index in [1.807, 2.05) is 0 Å². The molecule has 0 N–H and O–H groups in total. The molecular formula is C22H26Se2. The first kappa shape index (κ1) is 16.9. The van der Waals surface area contributed by atoms with Crippen molar-refractivity contribution in [2.45, 2.75) is 54.6 Å². The number of hydrogen-bond acceptors (Lipinski definition) is 0. The van der Waals surface area contributed by atoms with E-state index in [0.29, 0.717) is 38.5 Å². The van der Waals surface area contributed by atoms with Crippen LogP contribution in [-0.2, 0) is 0 Å². The van der Waals surface area contributed by atoms with Gasteiger partial charge < -0.3 is 0 Å². The summed E-state index contributed by atoms with van der Waals surface area (Å²) >= 11 is 1.21. The Labute approximate surface area is 159 Å². The summed E-state index contributed by atoms with van der Waals surface area (Å²) in [6, 6.07) is 22.8. The maximum atomic E-state index is 2.38. The first-order valence-electron chi connectivity index (χ1n) is 9.30. The van der Waals surface area contributed by atoms with Crippen LogP contribution >= 0.6 is 0 Å². The molecule has 2 saturated carbocycles. The van der Waals surface area contributed by atoms with Crippen molar-refractivity contribution in [3.8, 4) is 0 Å². The second kappa shape index (κ2) is 7.38. The van der Waals surface area contributed by atoms with Crippen LogP contribution in [0.2, 0.25) is 3.21 Å². The van der Waals surface area contributed by atoms with Crippen molar-refractivity contribution in [3.63, 3.8) is 0 Å². The molecule has 0 nitrogen and oxygen atoms in total. The zero-order valence-electron chi connectivity index (χ0n) is 14.2. The molecule has 0 aliphatic heterocycles. The molecule has 0 saturated heterocycles. The Balaban J connectivity index is 1.66. The summed E-state index contributed by atoms with van der Waals surface area (Å²) in [6.45, 7) is 0. The molecule has 2 aliphatic carbocycles. The molecule has 1 spiro atoms. The molecule has 0 heterocycles. The summed E-state index contributed by atoms with van der Waals surface area (Å²) in [5, 5.41) is 0. The van der Waals surface area contributed by atoms with Gasteiger partial charge in [-0.1, -0.05) is 0 Å². The molecule has 2 fully saturated rings. The molecule has 24 heavy (non-hydrogen) atoms. The van der Waals surface area contributed by atoms with E-state index in [9.17, 15) is 0 Å². The summed E-state index contributed by atoms with van der Waals surface area (Å²) in [4.78, 5) is 0. The summed E-state index contributed by atoms with van der Waals surface area (Å²) < 4.78 is 3.84. The predicted molar refractivity (Wildman–Crippen MR) is 106 cm³/mol. The van der Waals surface area contributed by atoms with Crippen molar-refractivity contribution >= 4 is 38.8 Å². The van der Waals surface area contributed by atoms with Crippen LogP contribution < -0.4 is 8.92 Å². The predicted octanol–water partition coefficient (Wildman–Crippen LogP) is 4.30. The van der Waals surface area contributed by atoms with Crippen molar-refractivity contribution < 1.29 is 0 Å². The van der Waals surface area contributed by atoms with Gasteiger partial charge in [0.25, 0.3) is 0 Å². The van der Waals surface area contributed by atoms with E-state index in [4.69, 9.17) is 0 Å². The third-order valence-electron chi connectivity index (χ3n) is 5.85. The summed E-state index contributed by atoms with van der Waals surface area (Å²) in [6.07, 6.45) is 11.8. The molecule has 0 atom stereocenters. The maximum absolute atomic E-state index is 2.38. The molecule has 2 aromatic carbocycles. The van der Waals surface area contributed by atoms with Gasteiger partial charge >= 0.3 is 159 Å². The SMILES string of the molecule is c1ccc([Se]C2([Se]c3ccccc3)CCC23CCCCCC3)cc1. The second-order valence-corrected chi connectivity index (χ2v) is 14.3. The van der Waals surface area contributed by atoms with Crippen molar-refractivity contribution in [2.24, 2.45) is 5.41 Å². The van der Waals surface area contributed by atoms with Gasteiger partial charge in [-0.2, -0.15) is 0 Å². The van der Waals surface area contributed by atoms with E-state index < -0.39 is 0 Å². The van der Waals surface area contributed by atoms with Crippen molar-refractivity contribution in [1.29, 1.82) is 0 Å². The standard InChI is InChI=1S/C22H26Se2/c1-2-10-16-21(15-9-1)17-18-22(21,23-19-11-5-3-6-12-19)24-20-13-7-4-8-14-20/h3-8,11-14H,1-2,9-10,15-18H2. The van der Waals surface area contributed by atoms with Crippen LogP contribution in [0.25, 0.3) is 0 Å². The molecule has 0 amide bonds. The van der Waals surface area contributed by atoms with E-state index >= 15 is 0 Å². The molecule has 2 aliphatic rings. The zero-order valence-corrected chi connectivity index (χ0v) is 17.7. The first-order valence-corrected chi connectivity index (χ1v) is 12.7. The van der Waals surface area contributed by atoms with E-state index in [1.165, 1.54) is 51.4 Å². The van der Waals surface area contributed by atoms with Gasteiger partial charge in [-0.05, 0) is 0 Å². The van der Waals surface area contributed by atoms with Crippen molar-refractivity contribution in [3.05, 3.63) is 60.7 Å². The average molecular weight is 448 g/mol. The second-order valence-electron chi connectivity index (χ2n) is 7.28. The van der Waals surface area contributed by atoms with Crippen LogP contribution in [0.3, 0.4) is 0 Å². The van der Waals surface area contributed by atoms with Gasteiger partial charge in [0.05, 0.1) is 0 Å². The Morgan fingerprint density at radius 3 is 1.46 bits per heavy atom. The summed E-state index contributed by atoms with van der Waals surface area (Å²) in [5.41, 5.74) is 0.662. The fraction of sp³-hybridized carbons (Fsp3) is 0.455. The minimum atomic E-state index is 0.604. The van der Waals surface area contributed by atoms with Crippen LogP contribution in [0.5, 0.6) is 0 Å². The third kappa shape index (κ3) is 3.27. The van der Waals surface area contributed by atoms with Gasteiger partial charge in [-0.15, -0.1) is 0 Å². The summed E-state index contributed by atoms with van der Waals surface area (Å²) in [7, 11) is 0. The Morgan fingerprint density at radius 2 is 1.04 bits per heavy atom. The summed E-state index contributed by atoms with van der Waals surface area (Å²) in [5.74, 6) is 0. The zero-order chi connectivity index (χ0) is 16.3. The number of rotatable bonds is 4. The van der Waals surface area contributed by atoms with Crippen LogP contribution in [0, 0.1) is 5.41 Å². The van der Waals surface area contributed by atoms with Crippen molar-refractivity contribution in [1.82, 2.24) is 0 Å². The van der Waals surface area contributed by atoms with E-state index in [-0.39, 0.29) is 0 Å². The Morgan fingerprint density at radius 1 is 0.542 bits per heavy atom. The van der Waals surface area contributed by atoms with Gasteiger partial charge in [0.1, 0.15) is 0 Å². The quantitative estimate of drug-likeness (QED) is 0.613. The fourth-order valence-electron chi connectivity index (χ4n) is 4.42.